The van der Waals surface area contributed by atoms with Crippen LogP contribution >= 0.6 is 0 Å². The van der Waals surface area contributed by atoms with Crippen molar-refractivity contribution in [1.82, 2.24) is 14.8 Å². The van der Waals surface area contributed by atoms with Crippen molar-refractivity contribution in [2.45, 2.75) is 13.0 Å². The summed E-state index contributed by atoms with van der Waals surface area (Å²) in [4.78, 5) is 21.0. The third-order valence-corrected chi connectivity index (χ3v) is 5.33. The molecule has 1 atom stereocenters. The first-order valence-corrected chi connectivity index (χ1v) is 9.88. The lowest BCUT2D eigenvalue weighted by Gasteiger charge is -2.39. The zero-order valence-corrected chi connectivity index (χ0v) is 16.5. The van der Waals surface area contributed by atoms with E-state index in [4.69, 9.17) is 9.15 Å². The molecule has 1 fully saturated rings. The monoisotopic (exact) mass is 391 g/mol. The Labute approximate surface area is 170 Å². The summed E-state index contributed by atoms with van der Waals surface area (Å²) in [6, 6.07) is 20.4. The van der Waals surface area contributed by atoms with Crippen LogP contribution in [0.5, 0.6) is 5.75 Å². The van der Waals surface area contributed by atoms with Crippen LogP contribution < -0.4 is 4.74 Å². The Morgan fingerprint density at radius 3 is 2.31 bits per heavy atom. The van der Waals surface area contributed by atoms with Crippen LogP contribution in [-0.2, 0) is 0 Å². The molecule has 150 valence electrons. The number of benzene rings is 2. The number of piperazine rings is 1. The highest BCUT2D eigenvalue weighted by molar-refractivity contribution is 5.93. The van der Waals surface area contributed by atoms with E-state index in [2.05, 4.69) is 34.1 Å². The van der Waals surface area contributed by atoms with Gasteiger partial charge in [0.15, 0.2) is 12.1 Å². The molecule has 2 aromatic carbocycles. The highest BCUT2D eigenvalue weighted by Gasteiger charge is 2.29. The fourth-order valence-electron chi connectivity index (χ4n) is 3.68. The second-order valence-electron chi connectivity index (χ2n) is 7.14. The van der Waals surface area contributed by atoms with Crippen LogP contribution in [0, 0.1) is 6.92 Å². The fourth-order valence-corrected chi connectivity index (χ4v) is 3.68. The summed E-state index contributed by atoms with van der Waals surface area (Å²) in [5, 5.41) is 0. The van der Waals surface area contributed by atoms with Gasteiger partial charge >= 0.3 is 0 Å². The number of para-hydroxylation sites is 1. The van der Waals surface area contributed by atoms with E-state index in [1.165, 1.54) is 12.0 Å². The van der Waals surface area contributed by atoms with E-state index in [1.54, 1.807) is 6.92 Å². The van der Waals surface area contributed by atoms with Crippen LogP contribution in [0.2, 0.25) is 0 Å². The first-order valence-electron chi connectivity index (χ1n) is 9.88. The lowest BCUT2D eigenvalue weighted by atomic mass is 10.0. The summed E-state index contributed by atoms with van der Waals surface area (Å²) in [5.41, 5.74) is 1.63. The van der Waals surface area contributed by atoms with Crippen LogP contribution in [0.15, 0.2) is 71.5 Å². The van der Waals surface area contributed by atoms with Gasteiger partial charge in [0, 0.05) is 26.2 Å². The summed E-state index contributed by atoms with van der Waals surface area (Å²) in [5.74, 6) is 1.37. The molecule has 6 nitrogen and oxygen atoms in total. The van der Waals surface area contributed by atoms with E-state index in [-0.39, 0.29) is 11.9 Å². The van der Waals surface area contributed by atoms with Gasteiger partial charge in [-0.3, -0.25) is 9.69 Å². The number of aryl methyl sites for hydroxylation is 1. The second-order valence-corrected chi connectivity index (χ2v) is 7.14. The summed E-state index contributed by atoms with van der Waals surface area (Å²) >= 11 is 0. The summed E-state index contributed by atoms with van der Waals surface area (Å²) in [7, 11) is 0. The summed E-state index contributed by atoms with van der Waals surface area (Å²) in [6.45, 7) is 5.19. The molecule has 1 amide bonds. The number of nitrogens with zero attached hydrogens (tertiary/aromatic N) is 3. The van der Waals surface area contributed by atoms with Crippen molar-refractivity contribution in [3.05, 3.63) is 84.1 Å². The molecular formula is C23H25N3O3. The van der Waals surface area contributed by atoms with Crippen molar-refractivity contribution in [1.29, 1.82) is 0 Å². The van der Waals surface area contributed by atoms with Gasteiger partial charge in [0.25, 0.3) is 5.91 Å². The zero-order valence-electron chi connectivity index (χ0n) is 16.5. The molecule has 1 unspecified atom stereocenters. The predicted molar refractivity (Wildman–Crippen MR) is 110 cm³/mol. The van der Waals surface area contributed by atoms with Gasteiger partial charge in [0.1, 0.15) is 18.1 Å². The number of oxazole rings is 1. The van der Waals surface area contributed by atoms with Gasteiger partial charge in [-0.05, 0) is 24.6 Å². The average Bonchev–Trinajstić information content (AvgIpc) is 3.21. The van der Waals surface area contributed by atoms with E-state index >= 15 is 0 Å². The highest BCUT2D eigenvalue weighted by Crippen LogP contribution is 2.24. The van der Waals surface area contributed by atoms with Crippen molar-refractivity contribution < 1.29 is 13.9 Å². The molecule has 0 radical (unpaired) electrons. The normalized spacial score (nSPS) is 15.8. The molecule has 6 heteroatoms. The Morgan fingerprint density at radius 1 is 1.03 bits per heavy atom. The Hall–Kier alpha value is -3.12. The molecule has 0 saturated carbocycles. The third-order valence-electron chi connectivity index (χ3n) is 5.33. The molecule has 0 spiro atoms. The van der Waals surface area contributed by atoms with Crippen molar-refractivity contribution in [2.24, 2.45) is 0 Å². The summed E-state index contributed by atoms with van der Waals surface area (Å²) in [6.07, 6.45) is 1.32. The Kier molecular flexibility index (Phi) is 5.91. The largest absolute Gasteiger partial charge is 0.492 e. The molecule has 2 heterocycles. The maximum absolute atomic E-state index is 12.7. The number of rotatable bonds is 6. The lowest BCUT2D eigenvalue weighted by molar-refractivity contribution is 0.0494. The average molecular weight is 391 g/mol. The molecular weight excluding hydrogens is 366 g/mol. The number of ether oxygens (including phenoxy) is 1. The van der Waals surface area contributed by atoms with Gasteiger partial charge in [-0.25, -0.2) is 4.98 Å². The third kappa shape index (κ3) is 4.49. The molecule has 1 aliphatic rings. The van der Waals surface area contributed by atoms with Crippen molar-refractivity contribution in [2.75, 3.05) is 32.8 Å². The predicted octanol–water partition coefficient (Wildman–Crippen LogP) is 3.56. The van der Waals surface area contributed by atoms with Gasteiger partial charge in [0.05, 0.1) is 6.04 Å². The van der Waals surface area contributed by atoms with Crippen LogP contribution in [0.3, 0.4) is 0 Å². The van der Waals surface area contributed by atoms with Crippen LogP contribution in [-0.4, -0.2) is 53.5 Å². The Morgan fingerprint density at radius 2 is 1.69 bits per heavy atom. The molecule has 3 aromatic rings. The van der Waals surface area contributed by atoms with Gasteiger partial charge in [0.2, 0.25) is 0 Å². The molecule has 29 heavy (non-hydrogen) atoms. The molecule has 0 aliphatic carbocycles. The lowest BCUT2D eigenvalue weighted by Crippen LogP contribution is -2.50. The minimum atomic E-state index is -0.0623. The minimum Gasteiger partial charge on any atom is -0.492 e. The molecule has 1 saturated heterocycles. The van der Waals surface area contributed by atoms with Crippen LogP contribution in [0.4, 0.5) is 0 Å². The van der Waals surface area contributed by atoms with Crippen molar-refractivity contribution in [3.63, 3.8) is 0 Å². The topological polar surface area (TPSA) is 58.8 Å². The SMILES string of the molecule is Cc1ocnc1C(=O)N1CCN(C(COc2ccccc2)c2ccccc2)CC1. The second kappa shape index (κ2) is 8.92. The number of hydrogen-bond acceptors (Lipinski definition) is 5. The Balaban J connectivity index is 1.43. The molecule has 0 bridgehead atoms. The maximum Gasteiger partial charge on any atom is 0.276 e. The van der Waals surface area contributed by atoms with E-state index in [1.807, 2.05) is 41.3 Å². The van der Waals surface area contributed by atoms with E-state index in [0.29, 0.717) is 31.2 Å². The number of carbonyl (C=O) groups is 1. The zero-order chi connectivity index (χ0) is 20.1. The maximum atomic E-state index is 12.7. The van der Waals surface area contributed by atoms with E-state index < -0.39 is 0 Å². The smallest absolute Gasteiger partial charge is 0.276 e. The number of hydrogen-bond donors (Lipinski definition) is 0. The van der Waals surface area contributed by atoms with Gasteiger partial charge in [-0.1, -0.05) is 48.5 Å². The van der Waals surface area contributed by atoms with Gasteiger partial charge < -0.3 is 14.1 Å². The molecule has 1 aliphatic heterocycles. The number of amides is 1. The number of aromatic nitrogens is 1. The molecule has 0 N–H and O–H groups in total. The molecule has 1 aromatic heterocycles. The summed E-state index contributed by atoms with van der Waals surface area (Å²) < 4.78 is 11.3. The van der Waals surface area contributed by atoms with Gasteiger partial charge in [-0.15, -0.1) is 0 Å². The highest BCUT2D eigenvalue weighted by atomic mass is 16.5. The Bertz CT molecular complexity index is 919. The standard InChI is InChI=1S/C23H25N3O3/c1-18-22(24-17-29-18)23(27)26-14-12-25(13-15-26)21(19-8-4-2-5-9-19)16-28-20-10-6-3-7-11-20/h2-11,17,21H,12-16H2,1H3. The van der Waals surface area contributed by atoms with E-state index in [0.717, 1.165) is 18.8 Å². The van der Waals surface area contributed by atoms with Crippen LogP contribution in [0.25, 0.3) is 0 Å². The van der Waals surface area contributed by atoms with Crippen molar-refractivity contribution in [3.8, 4) is 5.75 Å². The fraction of sp³-hybridized carbons (Fsp3) is 0.304. The van der Waals surface area contributed by atoms with Gasteiger partial charge in [-0.2, -0.15) is 0 Å². The van der Waals surface area contributed by atoms with Crippen LogP contribution in [0.1, 0.15) is 27.9 Å². The quantitative estimate of drug-likeness (QED) is 0.643. The molecule has 4 rings (SSSR count). The van der Waals surface area contributed by atoms with E-state index in [9.17, 15) is 4.79 Å². The van der Waals surface area contributed by atoms with Crippen molar-refractivity contribution >= 4 is 5.91 Å². The first-order chi connectivity index (χ1) is 14.2. The number of carbonyl (C=O) groups excluding carboxylic acids is 1. The first kappa shape index (κ1) is 19.2. The minimum absolute atomic E-state index is 0.0623.